The molecule has 4 rings (SSSR count). The van der Waals surface area contributed by atoms with Crippen LogP contribution in [0.25, 0.3) is 0 Å². The van der Waals surface area contributed by atoms with Crippen LogP contribution in [0.5, 0.6) is 5.75 Å². The zero-order valence-corrected chi connectivity index (χ0v) is 16.2. The maximum atomic E-state index is 12.6. The van der Waals surface area contributed by atoms with E-state index in [9.17, 15) is 14.4 Å². The summed E-state index contributed by atoms with van der Waals surface area (Å²) < 4.78 is 5.21. The molecule has 2 aromatic carbocycles. The van der Waals surface area contributed by atoms with Crippen LogP contribution in [0, 0.1) is 5.92 Å². The monoisotopic (exact) mass is 393 g/mol. The molecule has 1 saturated heterocycles. The average Bonchev–Trinajstić information content (AvgIpc) is 3.46. The van der Waals surface area contributed by atoms with Gasteiger partial charge in [0.1, 0.15) is 5.75 Å². The van der Waals surface area contributed by atoms with E-state index < -0.39 is 5.92 Å². The third-order valence-electron chi connectivity index (χ3n) is 5.19. The number of hydrogen-bond donors (Lipinski definition) is 2. The van der Waals surface area contributed by atoms with Gasteiger partial charge < -0.3 is 20.3 Å². The number of methoxy groups -OCH3 is 1. The number of carbonyl (C=O) groups excluding carboxylic acids is 3. The van der Waals surface area contributed by atoms with Crippen LogP contribution >= 0.6 is 0 Å². The zero-order chi connectivity index (χ0) is 20.4. The minimum absolute atomic E-state index is 0.0921. The predicted molar refractivity (Wildman–Crippen MR) is 109 cm³/mol. The van der Waals surface area contributed by atoms with Crippen LogP contribution < -0.4 is 20.3 Å². The highest BCUT2D eigenvalue weighted by Crippen LogP contribution is 2.28. The van der Waals surface area contributed by atoms with E-state index in [2.05, 4.69) is 10.6 Å². The van der Waals surface area contributed by atoms with Crippen molar-refractivity contribution in [2.45, 2.75) is 25.3 Å². The second kappa shape index (κ2) is 7.95. The van der Waals surface area contributed by atoms with E-state index in [-0.39, 0.29) is 24.1 Å². The summed E-state index contributed by atoms with van der Waals surface area (Å²) in [6.07, 6.45) is 2.23. The number of benzene rings is 2. The summed E-state index contributed by atoms with van der Waals surface area (Å²) >= 11 is 0. The van der Waals surface area contributed by atoms with Gasteiger partial charge in [0, 0.05) is 42.0 Å². The molecule has 29 heavy (non-hydrogen) atoms. The van der Waals surface area contributed by atoms with Crippen molar-refractivity contribution >= 4 is 29.1 Å². The van der Waals surface area contributed by atoms with Gasteiger partial charge in [-0.25, -0.2) is 0 Å². The van der Waals surface area contributed by atoms with E-state index in [4.69, 9.17) is 4.74 Å². The highest BCUT2D eigenvalue weighted by Gasteiger charge is 2.35. The summed E-state index contributed by atoms with van der Waals surface area (Å²) in [6, 6.07) is 14.3. The van der Waals surface area contributed by atoms with E-state index in [0.29, 0.717) is 29.6 Å². The molecule has 150 valence electrons. The standard InChI is InChI=1S/C22H23N3O4/c1-29-19-4-2-3-18(12-19)25-13-15(11-20(25)26)22(28)24-16-7-5-14(6-8-16)21(27)23-17-9-10-17/h2-8,12,15,17H,9-11,13H2,1H3,(H,23,27)(H,24,28)/t15-/m0/s1. The molecule has 1 saturated carbocycles. The summed E-state index contributed by atoms with van der Waals surface area (Å²) in [4.78, 5) is 38.7. The van der Waals surface area contributed by atoms with Crippen LogP contribution in [0.4, 0.5) is 11.4 Å². The van der Waals surface area contributed by atoms with Crippen molar-refractivity contribution in [3.8, 4) is 5.75 Å². The third kappa shape index (κ3) is 4.39. The van der Waals surface area contributed by atoms with E-state index in [1.165, 1.54) is 0 Å². The van der Waals surface area contributed by atoms with Crippen molar-refractivity contribution in [1.29, 1.82) is 0 Å². The van der Waals surface area contributed by atoms with E-state index in [1.807, 2.05) is 18.2 Å². The Balaban J connectivity index is 1.37. The van der Waals surface area contributed by atoms with Gasteiger partial charge in [0.05, 0.1) is 13.0 Å². The Bertz CT molecular complexity index is 937. The SMILES string of the molecule is COc1cccc(N2C[C@@H](C(=O)Nc3ccc(C(=O)NC4CC4)cc3)CC2=O)c1. The summed E-state index contributed by atoms with van der Waals surface area (Å²) in [5.74, 6) is -0.175. The van der Waals surface area contributed by atoms with Gasteiger partial charge in [-0.2, -0.15) is 0 Å². The van der Waals surface area contributed by atoms with Gasteiger partial charge in [-0.05, 0) is 49.2 Å². The molecule has 0 unspecified atom stereocenters. The Morgan fingerprint density at radius 1 is 1.10 bits per heavy atom. The van der Waals surface area contributed by atoms with Crippen LogP contribution in [0.15, 0.2) is 48.5 Å². The molecule has 7 heteroatoms. The summed E-state index contributed by atoms with van der Waals surface area (Å²) in [5, 5.41) is 5.77. The first kappa shape index (κ1) is 19.0. The van der Waals surface area contributed by atoms with E-state index >= 15 is 0 Å². The van der Waals surface area contributed by atoms with Crippen molar-refractivity contribution in [3.05, 3.63) is 54.1 Å². The Morgan fingerprint density at radius 2 is 1.86 bits per heavy atom. The number of ether oxygens (including phenoxy) is 1. The molecule has 1 atom stereocenters. The fourth-order valence-corrected chi connectivity index (χ4v) is 3.36. The highest BCUT2D eigenvalue weighted by molar-refractivity contribution is 6.03. The Labute approximate surface area is 169 Å². The van der Waals surface area contributed by atoms with Gasteiger partial charge in [0.2, 0.25) is 11.8 Å². The van der Waals surface area contributed by atoms with Crippen molar-refractivity contribution in [2.24, 2.45) is 5.92 Å². The summed E-state index contributed by atoms with van der Waals surface area (Å²) in [6.45, 7) is 0.319. The second-order valence-electron chi connectivity index (χ2n) is 7.42. The molecular weight excluding hydrogens is 370 g/mol. The molecule has 1 heterocycles. The molecule has 7 nitrogen and oxygen atoms in total. The minimum atomic E-state index is -0.438. The Kier molecular flexibility index (Phi) is 5.20. The lowest BCUT2D eigenvalue weighted by Gasteiger charge is -2.17. The van der Waals surface area contributed by atoms with Gasteiger partial charge in [0.25, 0.3) is 5.91 Å². The number of amides is 3. The molecule has 2 aromatic rings. The van der Waals surface area contributed by atoms with Gasteiger partial charge in [0.15, 0.2) is 0 Å². The van der Waals surface area contributed by atoms with Crippen molar-refractivity contribution < 1.29 is 19.1 Å². The number of hydrogen-bond acceptors (Lipinski definition) is 4. The fraction of sp³-hybridized carbons (Fsp3) is 0.318. The van der Waals surface area contributed by atoms with Crippen LogP contribution in [0.2, 0.25) is 0 Å². The number of carbonyl (C=O) groups is 3. The first-order valence-corrected chi connectivity index (χ1v) is 9.69. The van der Waals surface area contributed by atoms with Gasteiger partial charge >= 0.3 is 0 Å². The van der Waals surface area contributed by atoms with E-state index in [0.717, 1.165) is 18.5 Å². The van der Waals surface area contributed by atoms with Crippen molar-refractivity contribution in [2.75, 3.05) is 23.9 Å². The Morgan fingerprint density at radius 3 is 2.55 bits per heavy atom. The van der Waals surface area contributed by atoms with Crippen molar-refractivity contribution in [3.63, 3.8) is 0 Å². The fourth-order valence-electron chi connectivity index (χ4n) is 3.36. The first-order chi connectivity index (χ1) is 14.0. The Hall–Kier alpha value is -3.35. The first-order valence-electron chi connectivity index (χ1n) is 9.69. The smallest absolute Gasteiger partial charge is 0.251 e. The largest absolute Gasteiger partial charge is 0.497 e. The molecule has 2 aliphatic rings. The molecule has 0 bridgehead atoms. The lowest BCUT2D eigenvalue weighted by atomic mass is 10.1. The molecule has 2 N–H and O–H groups in total. The van der Waals surface area contributed by atoms with Gasteiger partial charge in [-0.1, -0.05) is 6.07 Å². The summed E-state index contributed by atoms with van der Waals surface area (Å²) in [7, 11) is 1.57. The van der Waals surface area contributed by atoms with Crippen LogP contribution in [-0.2, 0) is 9.59 Å². The van der Waals surface area contributed by atoms with E-state index in [1.54, 1.807) is 42.3 Å². The molecule has 0 spiro atoms. The maximum absolute atomic E-state index is 12.6. The quantitative estimate of drug-likeness (QED) is 0.790. The second-order valence-corrected chi connectivity index (χ2v) is 7.42. The van der Waals surface area contributed by atoms with Crippen LogP contribution in [-0.4, -0.2) is 37.4 Å². The zero-order valence-electron chi connectivity index (χ0n) is 16.2. The highest BCUT2D eigenvalue weighted by atomic mass is 16.5. The van der Waals surface area contributed by atoms with Gasteiger partial charge in [-0.15, -0.1) is 0 Å². The van der Waals surface area contributed by atoms with Crippen LogP contribution in [0.3, 0.4) is 0 Å². The lowest BCUT2D eigenvalue weighted by molar-refractivity contribution is -0.122. The molecule has 0 aromatic heterocycles. The third-order valence-corrected chi connectivity index (χ3v) is 5.19. The number of nitrogens with zero attached hydrogens (tertiary/aromatic N) is 1. The number of anilines is 2. The number of rotatable bonds is 6. The molecule has 1 aliphatic carbocycles. The molecular formula is C22H23N3O4. The van der Waals surface area contributed by atoms with Crippen LogP contribution in [0.1, 0.15) is 29.6 Å². The summed E-state index contributed by atoms with van der Waals surface area (Å²) in [5.41, 5.74) is 1.89. The topological polar surface area (TPSA) is 87.7 Å². The normalized spacial score (nSPS) is 18.4. The molecule has 3 amide bonds. The molecule has 0 radical (unpaired) electrons. The predicted octanol–water partition coefficient (Wildman–Crippen LogP) is 2.58. The maximum Gasteiger partial charge on any atom is 0.251 e. The van der Waals surface area contributed by atoms with Crippen molar-refractivity contribution in [1.82, 2.24) is 5.32 Å². The minimum Gasteiger partial charge on any atom is -0.497 e. The number of nitrogens with one attached hydrogen (secondary N) is 2. The average molecular weight is 393 g/mol. The molecule has 2 fully saturated rings. The molecule has 1 aliphatic heterocycles. The lowest BCUT2D eigenvalue weighted by Crippen LogP contribution is -2.28. The van der Waals surface area contributed by atoms with Gasteiger partial charge in [-0.3, -0.25) is 14.4 Å².